The summed E-state index contributed by atoms with van der Waals surface area (Å²) in [5.74, 6) is -0.108. The maximum absolute atomic E-state index is 11.8. The maximum Gasteiger partial charge on any atom is 0.251 e. The second-order valence-corrected chi connectivity index (χ2v) is 3.66. The minimum absolute atomic E-state index is 0.108. The Labute approximate surface area is 99.1 Å². The van der Waals surface area contributed by atoms with E-state index in [-0.39, 0.29) is 5.91 Å². The van der Waals surface area contributed by atoms with Gasteiger partial charge in [-0.25, -0.2) is 4.98 Å². The first-order valence-electron chi connectivity index (χ1n) is 5.34. The van der Waals surface area contributed by atoms with Crippen LogP contribution in [0.2, 0.25) is 0 Å². The lowest BCUT2D eigenvalue weighted by Crippen LogP contribution is -2.22. The van der Waals surface area contributed by atoms with Crippen LogP contribution in [0.4, 0.5) is 0 Å². The van der Waals surface area contributed by atoms with Crippen LogP contribution in [0.25, 0.3) is 0 Å². The number of benzene rings is 1. The number of H-pyrrole nitrogens is 1. The van der Waals surface area contributed by atoms with Gasteiger partial charge in [-0.3, -0.25) is 4.79 Å². The summed E-state index contributed by atoms with van der Waals surface area (Å²) in [6.07, 6.45) is 3.26. The Morgan fingerprint density at radius 2 is 2.12 bits per heavy atom. The molecule has 0 spiro atoms. The summed E-state index contributed by atoms with van der Waals surface area (Å²) in [7, 11) is 0. The fourth-order valence-corrected chi connectivity index (χ4v) is 1.45. The monoisotopic (exact) mass is 230 g/mol. The maximum atomic E-state index is 11.8. The molecule has 5 nitrogen and oxygen atoms in total. The molecule has 0 bridgehead atoms. The molecule has 88 valence electrons. The number of nitrogens with one attached hydrogen (secondary N) is 2. The van der Waals surface area contributed by atoms with Gasteiger partial charge < -0.3 is 16.0 Å². The second kappa shape index (κ2) is 5.27. The van der Waals surface area contributed by atoms with Crippen molar-refractivity contribution in [3.8, 4) is 0 Å². The molecule has 1 amide bonds. The van der Waals surface area contributed by atoms with Crippen molar-refractivity contribution in [2.45, 2.75) is 13.1 Å². The van der Waals surface area contributed by atoms with Gasteiger partial charge in [0.15, 0.2) is 0 Å². The summed E-state index contributed by atoms with van der Waals surface area (Å²) < 4.78 is 0. The van der Waals surface area contributed by atoms with E-state index in [0.717, 1.165) is 11.3 Å². The van der Waals surface area contributed by atoms with Gasteiger partial charge in [0.1, 0.15) is 0 Å². The van der Waals surface area contributed by atoms with E-state index >= 15 is 0 Å². The summed E-state index contributed by atoms with van der Waals surface area (Å²) in [6, 6.07) is 7.24. The Morgan fingerprint density at radius 3 is 2.71 bits per heavy atom. The number of aromatic nitrogens is 2. The van der Waals surface area contributed by atoms with Crippen molar-refractivity contribution in [2.24, 2.45) is 5.73 Å². The van der Waals surface area contributed by atoms with Crippen molar-refractivity contribution in [1.82, 2.24) is 15.3 Å². The largest absolute Gasteiger partial charge is 0.347 e. The van der Waals surface area contributed by atoms with Crippen molar-refractivity contribution in [3.05, 3.63) is 53.6 Å². The molecule has 0 aliphatic carbocycles. The summed E-state index contributed by atoms with van der Waals surface area (Å²) in [6.45, 7) is 0.924. The highest BCUT2D eigenvalue weighted by atomic mass is 16.1. The molecule has 0 unspecified atom stereocenters. The van der Waals surface area contributed by atoms with Crippen LogP contribution >= 0.6 is 0 Å². The molecule has 0 fully saturated rings. The van der Waals surface area contributed by atoms with Crippen LogP contribution < -0.4 is 11.1 Å². The van der Waals surface area contributed by atoms with Crippen molar-refractivity contribution >= 4 is 5.91 Å². The SMILES string of the molecule is NCc1ccc(C(=O)NCc2cnc[nH]2)cc1. The molecule has 2 rings (SSSR count). The quantitative estimate of drug-likeness (QED) is 0.726. The number of nitrogens with two attached hydrogens (primary N) is 1. The smallest absolute Gasteiger partial charge is 0.251 e. The van der Waals surface area contributed by atoms with Crippen molar-refractivity contribution in [2.75, 3.05) is 0 Å². The van der Waals surface area contributed by atoms with E-state index in [1.807, 2.05) is 12.1 Å². The fraction of sp³-hybridized carbons (Fsp3) is 0.167. The number of rotatable bonds is 4. The number of aromatic amines is 1. The average Bonchev–Trinajstić information content (AvgIpc) is 2.89. The second-order valence-electron chi connectivity index (χ2n) is 3.66. The molecule has 2 aromatic rings. The molecule has 17 heavy (non-hydrogen) atoms. The Kier molecular flexibility index (Phi) is 3.52. The molecule has 4 N–H and O–H groups in total. The molecule has 0 saturated carbocycles. The highest BCUT2D eigenvalue weighted by Crippen LogP contribution is 2.04. The highest BCUT2D eigenvalue weighted by molar-refractivity contribution is 5.94. The fourth-order valence-electron chi connectivity index (χ4n) is 1.45. The normalized spacial score (nSPS) is 10.2. The lowest BCUT2D eigenvalue weighted by Gasteiger charge is -2.04. The van der Waals surface area contributed by atoms with Gasteiger partial charge >= 0.3 is 0 Å². The molecule has 0 aliphatic rings. The number of imidazole rings is 1. The number of hydrogen-bond donors (Lipinski definition) is 3. The number of carbonyl (C=O) groups is 1. The minimum atomic E-state index is -0.108. The van der Waals surface area contributed by atoms with E-state index in [0.29, 0.717) is 18.7 Å². The van der Waals surface area contributed by atoms with E-state index in [1.165, 1.54) is 0 Å². The number of carbonyl (C=O) groups excluding carboxylic acids is 1. The van der Waals surface area contributed by atoms with Crippen LogP contribution in [0.5, 0.6) is 0 Å². The summed E-state index contributed by atoms with van der Waals surface area (Å²) in [5.41, 5.74) is 8.00. The summed E-state index contributed by atoms with van der Waals surface area (Å²) in [5, 5.41) is 2.80. The zero-order valence-electron chi connectivity index (χ0n) is 9.31. The lowest BCUT2D eigenvalue weighted by atomic mass is 10.1. The van der Waals surface area contributed by atoms with Gasteiger partial charge in [0.25, 0.3) is 5.91 Å². The van der Waals surface area contributed by atoms with E-state index in [4.69, 9.17) is 5.73 Å². The molecule has 0 aliphatic heterocycles. The third-order valence-corrected chi connectivity index (χ3v) is 2.45. The zero-order valence-corrected chi connectivity index (χ0v) is 9.31. The third kappa shape index (κ3) is 2.92. The van der Waals surface area contributed by atoms with Crippen LogP contribution in [-0.4, -0.2) is 15.9 Å². The van der Waals surface area contributed by atoms with Gasteiger partial charge in [-0.05, 0) is 17.7 Å². The Balaban J connectivity index is 1.95. The molecule has 1 heterocycles. The minimum Gasteiger partial charge on any atom is -0.347 e. The number of hydrogen-bond acceptors (Lipinski definition) is 3. The van der Waals surface area contributed by atoms with E-state index in [9.17, 15) is 4.79 Å². The van der Waals surface area contributed by atoms with E-state index < -0.39 is 0 Å². The molecular weight excluding hydrogens is 216 g/mol. The van der Waals surface area contributed by atoms with Gasteiger partial charge in [0.2, 0.25) is 0 Å². The molecule has 1 aromatic carbocycles. The predicted octanol–water partition coefficient (Wildman–Crippen LogP) is 0.798. The van der Waals surface area contributed by atoms with Gasteiger partial charge in [0.05, 0.1) is 18.6 Å². The van der Waals surface area contributed by atoms with Crippen molar-refractivity contribution in [3.63, 3.8) is 0 Å². The Hall–Kier alpha value is -2.14. The van der Waals surface area contributed by atoms with E-state index in [1.54, 1.807) is 24.7 Å². The van der Waals surface area contributed by atoms with Crippen molar-refractivity contribution in [1.29, 1.82) is 0 Å². The first-order valence-corrected chi connectivity index (χ1v) is 5.34. The number of amides is 1. The topological polar surface area (TPSA) is 83.8 Å². The van der Waals surface area contributed by atoms with Gasteiger partial charge in [-0.1, -0.05) is 12.1 Å². The summed E-state index contributed by atoms with van der Waals surface area (Å²) in [4.78, 5) is 18.6. The van der Waals surface area contributed by atoms with Gasteiger partial charge in [-0.2, -0.15) is 0 Å². The molecule has 0 radical (unpaired) electrons. The highest BCUT2D eigenvalue weighted by Gasteiger charge is 2.04. The van der Waals surface area contributed by atoms with Crippen LogP contribution in [0.15, 0.2) is 36.8 Å². The lowest BCUT2D eigenvalue weighted by molar-refractivity contribution is 0.0950. The Bertz CT molecular complexity index is 476. The van der Waals surface area contributed by atoms with Gasteiger partial charge in [0, 0.05) is 18.3 Å². The van der Waals surface area contributed by atoms with Crippen LogP contribution in [-0.2, 0) is 13.1 Å². The summed E-state index contributed by atoms with van der Waals surface area (Å²) >= 11 is 0. The molecule has 0 saturated heterocycles. The predicted molar refractivity (Wildman–Crippen MR) is 64.1 cm³/mol. The third-order valence-electron chi connectivity index (χ3n) is 2.45. The molecule has 5 heteroatoms. The first-order chi connectivity index (χ1) is 8.29. The molecule has 0 atom stereocenters. The van der Waals surface area contributed by atoms with E-state index in [2.05, 4.69) is 15.3 Å². The molecule has 1 aromatic heterocycles. The van der Waals surface area contributed by atoms with Crippen LogP contribution in [0, 0.1) is 0 Å². The zero-order chi connectivity index (χ0) is 12.1. The number of nitrogens with zero attached hydrogens (tertiary/aromatic N) is 1. The first kappa shape index (κ1) is 11.3. The Morgan fingerprint density at radius 1 is 1.35 bits per heavy atom. The van der Waals surface area contributed by atoms with Crippen LogP contribution in [0.3, 0.4) is 0 Å². The standard InChI is InChI=1S/C12H14N4O/c13-5-9-1-3-10(4-2-9)12(17)15-7-11-6-14-8-16-11/h1-4,6,8H,5,7,13H2,(H,14,16)(H,15,17). The molecular formula is C12H14N4O. The van der Waals surface area contributed by atoms with Gasteiger partial charge in [-0.15, -0.1) is 0 Å². The average molecular weight is 230 g/mol. The van der Waals surface area contributed by atoms with Crippen molar-refractivity contribution < 1.29 is 4.79 Å². The van der Waals surface area contributed by atoms with Crippen LogP contribution in [0.1, 0.15) is 21.6 Å².